The fourth-order valence-electron chi connectivity index (χ4n) is 10.3. The molecule has 0 saturated carbocycles. The lowest BCUT2D eigenvalue weighted by Crippen LogP contribution is -2.50. The second kappa shape index (κ2) is 32.1. The highest BCUT2D eigenvalue weighted by Crippen LogP contribution is 2.42. The Balaban J connectivity index is 0.000000265. The third-order valence-corrected chi connectivity index (χ3v) is 15.0. The number of aromatic nitrogens is 2. The zero-order chi connectivity index (χ0) is 58.0. The van der Waals surface area contributed by atoms with E-state index in [-0.39, 0.29) is 49.5 Å². The van der Waals surface area contributed by atoms with Crippen LogP contribution in [0.5, 0.6) is 23.0 Å². The molecule has 2 spiro atoms. The summed E-state index contributed by atoms with van der Waals surface area (Å²) in [7, 11) is 0. The molecule has 6 heterocycles. The van der Waals surface area contributed by atoms with Gasteiger partial charge in [-0.1, -0.05) is 68.1 Å². The highest BCUT2D eigenvalue weighted by Gasteiger charge is 2.54. The molecule has 4 aromatic carbocycles. The van der Waals surface area contributed by atoms with Gasteiger partial charge in [-0.2, -0.15) is 35.8 Å². The van der Waals surface area contributed by atoms with E-state index < -0.39 is 29.9 Å². The molecule has 0 atom stereocenters. The molecule has 0 unspecified atom stereocenters. The van der Waals surface area contributed by atoms with E-state index in [0.717, 1.165) is 94.1 Å². The van der Waals surface area contributed by atoms with E-state index in [1.807, 2.05) is 77.7 Å². The molecule has 4 aliphatic rings. The first kappa shape index (κ1) is 69.2. The molecule has 6 aromatic rings. The van der Waals surface area contributed by atoms with Gasteiger partial charge in [0.1, 0.15) is 23.0 Å². The normalized spacial score (nSPS) is 16.3. The molecule has 2 N–H and O–H groups in total. The fraction of sp³-hybridized carbons (Fsp3) is 0.377. The van der Waals surface area contributed by atoms with Gasteiger partial charge in [0.05, 0.1) is 0 Å². The van der Waals surface area contributed by atoms with E-state index in [9.17, 15) is 55.9 Å². The summed E-state index contributed by atoms with van der Waals surface area (Å²) in [6.45, 7) is 10.4. The Morgan fingerprint density at radius 1 is 0.500 bits per heavy atom. The van der Waals surface area contributed by atoms with Gasteiger partial charge < -0.3 is 35.2 Å². The van der Waals surface area contributed by atoms with Gasteiger partial charge in [-0.15, -0.1) is 24.8 Å². The second-order valence-electron chi connectivity index (χ2n) is 20.5. The van der Waals surface area contributed by atoms with Crippen molar-refractivity contribution in [2.24, 2.45) is 10.8 Å². The number of benzene rings is 4. The van der Waals surface area contributed by atoms with Crippen molar-refractivity contribution >= 4 is 48.3 Å². The van der Waals surface area contributed by atoms with Crippen LogP contribution in [0.2, 0.25) is 0 Å². The minimum absolute atomic E-state index is 0. The number of ether oxygens (including phenoxy) is 2. The molecule has 0 bridgehead atoms. The third kappa shape index (κ3) is 20.5. The van der Waals surface area contributed by atoms with E-state index >= 15 is 0 Å². The summed E-state index contributed by atoms with van der Waals surface area (Å²) in [6, 6.07) is 46.0. The van der Waals surface area contributed by atoms with Gasteiger partial charge in [-0.05, 0) is 173 Å². The molecule has 0 aliphatic carbocycles. The highest BCUT2D eigenvalue weighted by molar-refractivity contribution is 6.41. The van der Waals surface area contributed by atoms with Crippen LogP contribution >= 0.6 is 24.8 Å². The van der Waals surface area contributed by atoms with Crippen molar-refractivity contribution in [3.8, 4) is 23.0 Å². The largest absolute Gasteiger partial charge is 0.618 e. The van der Waals surface area contributed by atoms with Crippen LogP contribution in [0.3, 0.4) is 0 Å². The molecule has 4 fully saturated rings. The zero-order valence-corrected chi connectivity index (χ0v) is 46.9. The first-order valence-electron chi connectivity index (χ1n) is 26.6. The van der Waals surface area contributed by atoms with Crippen molar-refractivity contribution in [2.75, 3.05) is 52.4 Å². The van der Waals surface area contributed by atoms with Crippen LogP contribution in [0.1, 0.15) is 90.9 Å². The molecule has 84 heavy (non-hydrogen) atoms. The van der Waals surface area contributed by atoms with Crippen LogP contribution in [0.15, 0.2) is 158 Å². The molecule has 10 rings (SSSR count). The number of piperidine rings is 4. The number of likely N-dealkylation sites (tertiary alicyclic amines) is 3. The number of rotatable bonds is 11. The van der Waals surface area contributed by atoms with Gasteiger partial charge in [0, 0.05) is 50.4 Å². The van der Waals surface area contributed by atoms with E-state index in [1.54, 1.807) is 18.2 Å². The first-order valence-corrected chi connectivity index (χ1v) is 26.6. The Hall–Kier alpha value is -7.30. The van der Waals surface area contributed by atoms with Crippen LogP contribution < -0.4 is 24.3 Å². The standard InChI is InChI=1S/C28H31N3O3.C22H28N2O.C6H5NO3.C4F6O2.CH4.2ClH/c32-27(26-11-4-5-16-31(26)33)30-19-14-28(15-20-30)12-17-29(18-13-28)22-23-7-6-10-25(21-23)34-24-8-2-1-3-9-24;1-2-6-20(7-3-1)25-21-8-4-5-19(17-21)18-24-15-11-22(12-16-24)9-13-23-14-10-22;8-6(9)5-3-1-2-4-7(5)10;5-3(6,7)1(11)2(12)4(8,9)10;;;/h1-11,16,21H,12-15,17-20,22H2;1-8,17,23H,9-16,18H2;1-4H,(H,8,9);;1H4;2*1H. The second-order valence-corrected chi connectivity index (χ2v) is 20.5. The maximum Gasteiger partial charge on any atom is 0.458 e. The quantitative estimate of drug-likeness (QED) is 0.0543. The van der Waals surface area contributed by atoms with E-state index in [1.165, 1.54) is 87.4 Å². The van der Waals surface area contributed by atoms with E-state index in [4.69, 9.17) is 14.6 Å². The van der Waals surface area contributed by atoms with Crippen molar-refractivity contribution in [2.45, 2.75) is 84.2 Å². The number of hydrogen-bond donors (Lipinski definition) is 2. The number of ketones is 2. The molecule has 2 aromatic heterocycles. The molecule has 454 valence electrons. The molecule has 4 aliphatic heterocycles. The number of carbonyl (C=O) groups excluding carboxylic acids is 3. The van der Waals surface area contributed by atoms with Crippen LogP contribution in [0.4, 0.5) is 26.3 Å². The van der Waals surface area contributed by atoms with Gasteiger partial charge in [0.15, 0.2) is 12.4 Å². The van der Waals surface area contributed by atoms with Gasteiger partial charge in [-0.3, -0.25) is 24.2 Å². The summed E-state index contributed by atoms with van der Waals surface area (Å²) >= 11 is 0. The predicted molar refractivity (Wildman–Crippen MR) is 308 cm³/mol. The average Bonchev–Trinajstić information content (AvgIpc) is 3.65. The number of alkyl halides is 6. The summed E-state index contributed by atoms with van der Waals surface area (Å²) in [5.74, 6) is -4.64. The molecule has 1 amide bonds. The number of amides is 1. The number of nitrogens with zero attached hydrogens (tertiary/aromatic N) is 5. The number of halogens is 8. The summed E-state index contributed by atoms with van der Waals surface area (Å²) < 4.78 is 79.9. The Morgan fingerprint density at radius 3 is 1.23 bits per heavy atom. The number of aromatic carboxylic acids is 1. The van der Waals surface area contributed by atoms with E-state index in [2.05, 4.69) is 51.5 Å². The number of carbonyl (C=O) groups is 4. The van der Waals surface area contributed by atoms with Crippen molar-refractivity contribution in [1.29, 1.82) is 0 Å². The summed E-state index contributed by atoms with van der Waals surface area (Å²) in [4.78, 5) is 49.2. The lowest BCUT2D eigenvalue weighted by atomic mass is 9.71. The maximum atomic E-state index is 12.8. The van der Waals surface area contributed by atoms with Crippen LogP contribution in [0.25, 0.3) is 0 Å². The smallest absolute Gasteiger partial charge is 0.458 e. The lowest BCUT2D eigenvalue weighted by Gasteiger charge is -2.46. The third-order valence-electron chi connectivity index (χ3n) is 15.0. The maximum absolute atomic E-state index is 12.8. The molecule has 23 heteroatoms. The predicted octanol–water partition coefficient (Wildman–Crippen LogP) is 11.8. The van der Waals surface area contributed by atoms with E-state index in [0.29, 0.717) is 20.3 Å². The van der Waals surface area contributed by atoms with Gasteiger partial charge in [-0.25, -0.2) is 4.79 Å². The van der Waals surface area contributed by atoms with Crippen molar-refractivity contribution in [1.82, 2.24) is 20.0 Å². The molecule has 15 nitrogen and oxygen atoms in total. The summed E-state index contributed by atoms with van der Waals surface area (Å²) in [6.07, 6.45) is 0.758. The molecular formula is C61H70Cl2F6N6O9. The Bertz CT molecular complexity index is 3000. The average molecular weight is 1220 g/mol. The van der Waals surface area contributed by atoms with Gasteiger partial charge >= 0.3 is 41.5 Å². The SMILES string of the molecule is C.Cl.Cl.O=C(C(=O)C(F)(F)F)C(F)(F)F.O=C(O)c1cccc[n+]1[O-].O=C(c1cccc[n+]1[O-])N1CCC2(CCN(Cc3cccc(Oc4ccccc4)c3)CC2)CC1.c1ccc(Oc2cccc(CN3CCC4(CCNCC4)CC3)c2)cc1. The highest BCUT2D eigenvalue weighted by atomic mass is 35.5. The fourth-order valence-corrected chi connectivity index (χ4v) is 10.3. The Labute approximate surface area is 497 Å². The monoisotopic (exact) mass is 1210 g/mol. The zero-order valence-electron chi connectivity index (χ0n) is 45.3. The number of hydrogen-bond acceptors (Lipinski definition) is 11. The lowest BCUT2D eigenvalue weighted by molar-refractivity contribution is -0.608. The van der Waals surface area contributed by atoms with Crippen molar-refractivity contribution < 1.29 is 69.6 Å². The summed E-state index contributed by atoms with van der Waals surface area (Å²) in [5.41, 5.74) is 3.50. The van der Waals surface area contributed by atoms with Crippen LogP contribution in [0, 0.1) is 21.2 Å². The summed E-state index contributed by atoms with van der Waals surface area (Å²) in [5, 5.41) is 34.4. The molecular weight excluding hydrogens is 1150 g/mol. The van der Waals surface area contributed by atoms with Gasteiger partial charge in [0.25, 0.3) is 5.69 Å². The Morgan fingerprint density at radius 2 is 0.857 bits per heavy atom. The van der Waals surface area contributed by atoms with Crippen molar-refractivity contribution in [3.63, 3.8) is 0 Å². The molecule has 4 saturated heterocycles. The number of Topliss-reactive ketones (excluding diaryl/α,β-unsaturated/α-hetero) is 2. The van der Waals surface area contributed by atoms with Gasteiger partial charge in [0.2, 0.25) is 0 Å². The number of pyridine rings is 2. The number of carboxylic acids is 1. The number of para-hydroxylation sites is 2. The topological polar surface area (TPSA) is 183 Å². The van der Waals surface area contributed by atoms with Crippen LogP contribution in [-0.4, -0.2) is 108 Å². The molecule has 0 radical (unpaired) electrons. The Kier molecular flexibility index (Phi) is 26.4. The minimum Gasteiger partial charge on any atom is -0.618 e. The number of carboxylic acid groups (broad SMARTS) is 1. The first-order chi connectivity index (χ1) is 38.7. The number of nitrogens with one attached hydrogen (secondary N) is 1. The minimum atomic E-state index is -5.77. The van der Waals surface area contributed by atoms with Crippen LogP contribution in [-0.2, 0) is 22.7 Å². The van der Waals surface area contributed by atoms with Crippen molar-refractivity contribution in [3.05, 3.63) is 191 Å².